The summed E-state index contributed by atoms with van der Waals surface area (Å²) >= 11 is 0. The van der Waals surface area contributed by atoms with Crippen LogP contribution in [-0.2, 0) is 0 Å². The first-order valence-electron chi connectivity index (χ1n) is 5.96. The number of hydrogen-bond donors (Lipinski definition) is 2. The lowest BCUT2D eigenvalue weighted by atomic mass is 9.89. The van der Waals surface area contributed by atoms with E-state index in [0.29, 0.717) is 19.0 Å². The smallest absolute Gasteiger partial charge is 0.218 e. The van der Waals surface area contributed by atoms with E-state index in [-0.39, 0.29) is 5.41 Å². The van der Waals surface area contributed by atoms with Crippen molar-refractivity contribution in [1.29, 1.82) is 0 Å². The van der Waals surface area contributed by atoms with Crippen LogP contribution in [0.25, 0.3) is 0 Å². The van der Waals surface area contributed by atoms with Crippen LogP contribution in [0.15, 0.2) is 12.4 Å². The molecule has 0 spiro atoms. The van der Waals surface area contributed by atoms with E-state index in [2.05, 4.69) is 29.1 Å². The fourth-order valence-electron chi connectivity index (χ4n) is 1.47. The second-order valence-corrected chi connectivity index (χ2v) is 4.73. The molecule has 1 aromatic heterocycles. The lowest BCUT2D eigenvalue weighted by molar-refractivity contribution is 0.326. The molecular weight excluding hydrogens is 216 g/mol. The zero-order valence-electron chi connectivity index (χ0n) is 10.9. The maximum absolute atomic E-state index is 5.57. The Kier molecular flexibility index (Phi) is 5.15. The highest BCUT2D eigenvalue weighted by molar-refractivity contribution is 5.37. The second-order valence-electron chi connectivity index (χ2n) is 4.73. The average molecular weight is 238 g/mol. The molecule has 5 heteroatoms. The van der Waals surface area contributed by atoms with Gasteiger partial charge in [0.25, 0.3) is 0 Å². The highest BCUT2D eigenvalue weighted by Crippen LogP contribution is 2.20. The van der Waals surface area contributed by atoms with Crippen molar-refractivity contribution < 1.29 is 4.74 Å². The number of nitrogens with one attached hydrogen (secondary N) is 1. The number of ether oxygens (including phenoxy) is 1. The van der Waals surface area contributed by atoms with E-state index >= 15 is 0 Å². The Morgan fingerprint density at radius 1 is 1.41 bits per heavy atom. The van der Waals surface area contributed by atoms with E-state index < -0.39 is 0 Å². The molecule has 1 rings (SSSR count). The third-order valence-electron chi connectivity index (χ3n) is 2.50. The Bertz CT molecular complexity index is 341. The van der Waals surface area contributed by atoms with Crippen molar-refractivity contribution in [2.75, 3.05) is 25.0 Å². The molecule has 5 nitrogen and oxygen atoms in total. The van der Waals surface area contributed by atoms with Gasteiger partial charge in [-0.1, -0.05) is 13.8 Å². The Hall–Kier alpha value is -1.36. The van der Waals surface area contributed by atoms with Gasteiger partial charge in [-0.25, -0.2) is 9.97 Å². The number of hydrogen-bond acceptors (Lipinski definition) is 5. The molecule has 96 valence electrons. The third kappa shape index (κ3) is 4.99. The van der Waals surface area contributed by atoms with Crippen molar-refractivity contribution in [2.45, 2.75) is 27.2 Å². The second kappa shape index (κ2) is 6.39. The van der Waals surface area contributed by atoms with Gasteiger partial charge in [0.05, 0.1) is 6.61 Å². The highest BCUT2D eigenvalue weighted by Gasteiger charge is 2.16. The van der Waals surface area contributed by atoms with Gasteiger partial charge in [0, 0.05) is 12.6 Å². The van der Waals surface area contributed by atoms with Gasteiger partial charge in [0.1, 0.15) is 12.1 Å². The Morgan fingerprint density at radius 3 is 2.82 bits per heavy atom. The van der Waals surface area contributed by atoms with Gasteiger partial charge in [-0.2, -0.15) is 0 Å². The largest absolute Gasteiger partial charge is 0.478 e. The molecule has 1 aromatic rings. The fourth-order valence-corrected chi connectivity index (χ4v) is 1.47. The summed E-state index contributed by atoms with van der Waals surface area (Å²) in [6.07, 6.45) is 2.48. The molecule has 0 aliphatic heterocycles. The van der Waals surface area contributed by atoms with E-state index in [9.17, 15) is 0 Å². The van der Waals surface area contributed by atoms with E-state index in [1.165, 1.54) is 6.33 Å². The molecule has 0 saturated heterocycles. The molecule has 1 heterocycles. The zero-order valence-corrected chi connectivity index (χ0v) is 10.9. The average Bonchev–Trinajstić information content (AvgIpc) is 2.28. The Balaban J connectivity index is 2.53. The van der Waals surface area contributed by atoms with Gasteiger partial charge in [0.15, 0.2) is 0 Å². The minimum Gasteiger partial charge on any atom is -0.478 e. The first-order valence-corrected chi connectivity index (χ1v) is 5.96. The first-order chi connectivity index (χ1) is 8.07. The van der Waals surface area contributed by atoms with Crippen molar-refractivity contribution in [1.82, 2.24) is 9.97 Å². The predicted octanol–water partition coefficient (Wildman–Crippen LogP) is 1.66. The van der Waals surface area contributed by atoms with Crippen LogP contribution in [0.1, 0.15) is 27.2 Å². The molecule has 0 bridgehead atoms. The van der Waals surface area contributed by atoms with E-state index in [0.717, 1.165) is 18.8 Å². The first kappa shape index (κ1) is 13.7. The fraction of sp³-hybridized carbons (Fsp3) is 0.667. The number of nitrogens with two attached hydrogens (primary N) is 1. The Morgan fingerprint density at radius 2 is 2.18 bits per heavy atom. The molecule has 0 fully saturated rings. The molecule has 0 aromatic carbocycles. The highest BCUT2D eigenvalue weighted by atomic mass is 16.5. The summed E-state index contributed by atoms with van der Waals surface area (Å²) in [4.78, 5) is 8.17. The maximum Gasteiger partial charge on any atom is 0.218 e. The molecule has 0 atom stereocenters. The van der Waals surface area contributed by atoms with Crippen LogP contribution in [0, 0.1) is 5.41 Å². The van der Waals surface area contributed by atoms with Crippen molar-refractivity contribution in [2.24, 2.45) is 11.1 Å². The van der Waals surface area contributed by atoms with Crippen molar-refractivity contribution in [3.05, 3.63) is 12.4 Å². The van der Waals surface area contributed by atoms with Crippen LogP contribution < -0.4 is 15.8 Å². The number of rotatable bonds is 7. The summed E-state index contributed by atoms with van der Waals surface area (Å²) in [6, 6.07) is 1.81. The van der Waals surface area contributed by atoms with E-state index in [1.807, 2.05) is 13.0 Å². The van der Waals surface area contributed by atoms with Crippen LogP contribution in [0.4, 0.5) is 5.82 Å². The SMILES string of the molecule is CCOc1cc(NCC(C)(C)CCN)ncn1. The Labute approximate surface area is 103 Å². The lowest BCUT2D eigenvalue weighted by Gasteiger charge is -2.24. The summed E-state index contributed by atoms with van der Waals surface area (Å²) in [5, 5.41) is 3.28. The van der Waals surface area contributed by atoms with Crippen molar-refractivity contribution in [3.8, 4) is 5.88 Å². The monoisotopic (exact) mass is 238 g/mol. The molecule has 0 amide bonds. The van der Waals surface area contributed by atoms with Gasteiger partial charge in [0.2, 0.25) is 5.88 Å². The quantitative estimate of drug-likeness (QED) is 0.756. The van der Waals surface area contributed by atoms with Crippen LogP contribution >= 0.6 is 0 Å². The van der Waals surface area contributed by atoms with E-state index in [4.69, 9.17) is 10.5 Å². The molecule has 0 unspecified atom stereocenters. The summed E-state index contributed by atoms with van der Waals surface area (Å²) in [5.41, 5.74) is 5.73. The minimum absolute atomic E-state index is 0.158. The van der Waals surface area contributed by atoms with Crippen LogP contribution in [0.2, 0.25) is 0 Å². The topological polar surface area (TPSA) is 73.1 Å². The summed E-state index contributed by atoms with van der Waals surface area (Å²) in [5.74, 6) is 1.38. The number of nitrogens with zero attached hydrogens (tertiary/aromatic N) is 2. The normalized spacial score (nSPS) is 11.3. The molecule has 3 N–H and O–H groups in total. The van der Waals surface area contributed by atoms with Gasteiger partial charge in [-0.15, -0.1) is 0 Å². The van der Waals surface area contributed by atoms with Crippen LogP contribution in [0.5, 0.6) is 5.88 Å². The molecule has 0 saturated carbocycles. The molecule has 0 radical (unpaired) electrons. The molecule has 17 heavy (non-hydrogen) atoms. The van der Waals surface area contributed by atoms with E-state index in [1.54, 1.807) is 0 Å². The zero-order chi connectivity index (χ0) is 12.7. The lowest BCUT2D eigenvalue weighted by Crippen LogP contribution is -2.26. The maximum atomic E-state index is 5.57. The van der Waals surface area contributed by atoms with Gasteiger partial charge < -0.3 is 15.8 Å². The number of aromatic nitrogens is 2. The standard InChI is InChI=1S/C12H22N4O/c1-4-17-11-7-10(15-9-16-11)14-8-12(2,3)5-6-13/h7,9H,4-6,8,13H2,1-3H3,(H,14,15,16). The van der Waals surface area contributed by atoms with Crippen LogP contribution in [-0.4, -0.2) is 29.7 Å². The summed E-state index contributed by atoms with van der Waals surface area (Å²) in [6.45, 7) is 8.42. The molecule has 0 aliphatic carbocycles. The summed E-state index contributed by atoms with van der Waals surface area (Å²) < 4.78 is 5.31. The molecule has 0 aliphatic rings. The van der Waals surface area contributed by atoms with Crippen LogP contribution in [0.3, 0.4) is 0 Å². The van der Waals surface area contributed by atoms with Gasteiger partial charge >= 0.3 is 0 Å². The van der Waals surface area contributed by atoms with Crippen molar-refractivity contribution >= 4 is 5.82 Å². The van der Waals surface area contributed by atoms with Gasteiger partial charge in [-0.3, -0.25) is 0 Å². The predicted molar refractivity (Wildman–Crippen MR) is 69.1 cm³/mol. The minimum atomic E-state index is 0.158. The molecular formula is C12H22N4O. The number of anilines is 1. The van der Waals surface area contributed by atoms with Gasteiger partial charge in [-0.05, 0) is 25.3 Å². The summed E-state index contributed by atoms with van der Waals surface area (Å²) in [7, 11) is 0. The third-order valence-corrected chi connectivity index (χ3v) is 2.50. The van der Waals surface area contributed by atoms with Crippen molar-refractivity contribution in [3.63, 3.8) is 0 Å².